The fourth-order valence-corrected chi connectivity index (χ4v) is 2.96. The average Bonchev–Trinajstić information content (AvgIpc) is 2.65. The molecule has 1 aliphatic carbocycles. The number of fused-ring (bicyclic) bond motifs is 1. The molecule has 0 bridgehead atoms. The smallest absolute Gasteiger partial charge is 0.490 e. The van der Waals surface area contributed by atoms with Crippen LogP contribution in [0.4, 0.5) is 13.2 Å². The molecule has 0 radical (unpaired) electrons. The standard InChI is InChI=1S/C18H27NO3.C2HF3O2/c1-2-21-18(20)12-14-5-6-16-13-17(8-7-15(16)11-14)22-10-4-3-9-19;3-2(4,5)1(6)7/h7-8,13-14H,2-6,9-12,19H2,1H3;(H,6,7). The largest absolute Gasteiger partial charge is 0.494 e. The lowest BCUT2D eigenvalue weighted by molar-refractivity contribution is -0.192. The van der Waals surface area contributed by atoms with Gasteiger partial charge in [-0.3, -0.25) is 4.79 Å². The normalized spacial score (nSPS) is 15.6. The van der Waals surface area contributed by atoms with Crippen LogP contribution in [-0.4, -0.2) is 43.0 Å². The summed E-state index contributed by atoms with van der Waals surface area (Å²) < 4.78 is 42.6. The molecule has 0 heterocycles. The van der Waals surface area contributed by atoms with E-state index in [1.54, 1.807) is 0 Å². The lowest BCUT2D eigenvalue weighted by Gasteiger charge is -2.24. The molecule has 0 fully saturated rings. The molecule has 9 heteroatoms. The fourth-order valence-electron chi connectivity index (χ4n) is 2.96. The highest BCUT2D eigenvalue weighted by atomic mass is 19.4. The Morgan fingerprint density at radius 1 is 1.24 bits per heavy atom. The van der Waals surface area contributed by atoms with Gasteiger partial charge in [-0.2, -0.15) is 13.2 Å². The maximum absolute atomic E-state index is 11.6. The SMILES string of the molecule is CCOC(=O)CC1CCc2cc(OCCCCN)ccc2C1.O=C(O)C(F)(F)F. The Morgan fingerprint density at radius 3 is 2.52 bits per heavy atom. The summed E-state index contributed by atoms with van der Waals surface area (Å²) in [6.07, 6.45) is 0.462. The molecule has 3 N–H and O–H groups in total. The van der Waals surface area contributed by atoms with Crippen molar-refractivity contribution in [3.8, 4) is 5.75 Å². The van der Waals surface area contributed by atoms with Crippen molar-refractivity contribution in [1.82, 2.24) is 0 Å². The zero-order valence-corrected chi connectivity index (χ0v) is 16.5. The van der Waals surface area contributed by atoms with Crippen molar-refractivity contribution in [1.29, 1.82) is 0 Å². The van der Waals surface area contributed by atoms with E-state index in [2.05, 4.69) is 12.1 Å². The molecular formula is C20H28F3NO5. The molecule has 0 amide bonds. The molecule has 2 rings (SSSR count). The Labute approximate surface area is 168 Å². The lowest BCUT2D eigenvalue weighted by Crippen LogP contribution is -2.21. The van der Waals surface area contributed by atoms with E-state index in [-0.39, 0.29) is 5.97 Å². The Bertz CT molecular complexity index is 664. The molecule has 0 aliphatic heterocycles. The molecule has 0 saturated heterocycles. The third-order valence-electron chi connectivity index (χ3n) is 4.38. The Balaban J connectivity index is 0.000000516. The van der Waals surface area contributed by atoms with Crippen LogP contribution in [0.1, 0.15) is 43.7 Å². The molecule has 29 heavy (non-hydrogen) atoms. The van der Waals surface area contributed by atoms with Gasteiger partial charge < -0.3 is 20.3 Å². The third kappa shape index (κ3) is 9.65. The van der Waals surface area contributed by atoms with Gasteiger partial charge in [0, 0.05) is 6.42 Å². The highest BCUT2D eigenvalue weighted by Gasteiger charge is 2.38. The summed E-state index contributed by atoms with van der Waals surface area (Å²) in [5.41, 5.74) is 8.18. The van der Waals surface area contributed by atoms with E-state index in [1.165, 1.54) is 11.1 Å². The molecule has 0 spiro atoms. The second-order valence-electron chi connectivity index (χ2n) is 6.70. The Morgan fingerprint density at radius 2 is 1.93 bits per heavy atom. The van der Waals surface area contributed by atoms with Gasteiger partial charge in [-0.05, 0) is 74.8 Å². The highest BCUT2D eigenvalue weighted by Crippen LogP contribution is 2.30. The molecule has 1 aliphatic rings. The number of carbonyl (C=O) groups is 2. The van der Waals surface area contributed by atoms with Gasteiger partial charge in [0.1, 0.15) is 5.75 Å². The van der Waals surface area contributed by atoms with E-state index in [9.17, 15) is 18.0 Å². The minimum Gasteiger partial charge on any atom is -0.494 e. The molecule has 0 aromatic heterocycles. The highest BCUT2D eigenvalue weighted by molar-refractivity contribution is 5.73. The topological polar surface area (TPSA) is 98.9 Å². The number of ether oxygens (including phenoxy) is 2. The van der Waals surface area contributed by atoms with Crippen LogP contribution in [0.15, 0.2) is 18.2 Å². The maximum Gasteiger partial charge on any atom is 0.490 e. The predicted octanol–water partition coefficient (Wildman–Crippen LogP) is 3.50. The second-order valence-corrected chi connectivity index (χ2v) is 6.70. The molecule has 6 nitrogen and oxygen atoms in total. The maximum atomic E-state index is 11.6. The summed E-state index contributed by atoms with van der Waals surface area (Å²) in [6, 6.07) is 6.33. The van der Waals surface area contributed by atoms with E-state index in [1.807, 2.05) is 13.0 Å². The Hall–Kier alpha value is -2.29. The number of hydrogen-bond acceptors (Lipinski definition) is 5. The van der Waals surface area contributed by atoms with E-state index in [4.69, 9.17) is 25.1 Å². The quantitative estimate of drug-likeness (QED) is 0.494. The van der Waals surface area contributed by atoms with Gasteiger partial charge >= 0.3 is 18.1 Å². The number of rotatable bonds is 8. The number of hydrogen-bond donors (Lipinski definition) is 2. The van der Waals surface area contributed by atoms with Gasteiger partial charge in [-0.1, -0.05) is 6.07 Å². The number of carbonyl (C=O) groups excluding carboxylic acids is 1. The number of carboxylic acid groups (broad SMARTS) is 1. The molecular weight excluding hydrogens is 391 g/mol. The van der Waals surface area contributed by atoms with Crippen LogP contribution in [0, 0.1) is 5.92 Å². The number of nitrogens with two attached hydrogens (primary N) is 1. The number of aryl methyl sites for hydroxylation is 1. The first-order chi connectivity index (χ1) is 13.7. The van der Waals surface area contributed by atoms with Crippen LogP contribution < -0.4 is 10.5 Å². The number of alkyl halides is 3. The van der Waals surface area contributed by atoms with Crippen LogP contribution in [0.2, 0.25) is 0 Å². The molecule has 1 unspecified atom stereocenters. The zero-order chi connectivity index (χ0) is 21.9. The van der Waals surface area contributed by atoms with Crippen LogP contribution >= 0.6 is 0 Å². The number of esters is 1. The summed E-state index contributed by atoms with van der Waals surface area (Å²) in [5, 5.41) is 7.12. The summed E-state index contributed by atoms with van der Waals surface area (Å²) >= 11 is 0. The second kappa shape index (κ2) is 12.3. The fraction of sp³-hybridized carbons (Fsp3) is 0.600. The zero-order valence-electron chi connectivity index (χ0n) is 16.5. The van der Waals surface area contributed by atoms with E-state index in [0.29, 0.717) is 18.9 Å². The summed E-state index contributed by atoms with van der Waals surface area (Å²) in [5.74, 6) is -1.48. The third-order valence-corrected chi connectivity index (χ3v) is 4.38. The first kappa shape index (κ1) is 24.7. The van der Waals surface area contributed by atoms with Crippen molar-refractivity contribution in [2.24, 2.45) is 11.7 Å². The monoisotopic (exact) mass is 419 g/mol. The van der Waals surface area contributed by atoms with Crippen LogP contribution in [-0.2, 0) is 27.2 Å². The average molecular weight is 419 g/mol. The number of benzene rings is 1. The van der Waals surface area contributed by atoms with Crippen molar-refractivity contribution in [3.05, 3.63) is 29.3 Å². The van der Waals surface area contributed by atoms with Gasteiger partial charge in [-0.15, -0.1) is 0 Å². The minimum atomic E-state index is -5.08. The summed E-state index contributed by atoms with van der Waals surface area (Å²) in [7, 11) is 0. The molecule has 1 aromatic carbocycles. The van der Waals surface area contributed by atoms with Gasteiger partial charge in [-0.25, -0.2) is 4.79 Å². The number of carboxylic acids is 1. The van der Waals surface area contributed by atoms with Gasteiger partial charge in [0.15, 0.2) is 0 Å². The molecule has 1 atom stereocenters. The molecule has 164 valence electrons. The van der Waals surface area contributed by atoms with E-state index in [0.717, 1.165) is 51.0 Å². The van der Waals surface area contributed by atoms with E-state index < -0.39 is 12.1 Å². The van der Waals surface area contributed by atoms with Crippen molar-refractivity contribution in [2.45, 2.75) is 51.6 Å². The van der Waals surface area contributed by atoms with Crippen molar-refractivity contribution in [2.75, 3.05) is 19.8 Å². The van der Waals surface area contributed by atoms with Gasteiger partial charge in [0.05, 0.1) is 13.2 Å². The van der Waals surface area contributed by atoms with Crippen molar-refractivity contribution in [3.63, 3.8) is 0 Å². The summed E-state index contributed by atoms with van der Waals surface area (Å²) in [6.45, 7) is 3.76. The van der Waals surface area contributed by atoms with Crippen LogP contribution in [0.25, 0.3) is 0 Å². The molecule has 0 saturated carbocycles. The first-order valence-corrected chi connectivity index (χ1v) is 9.57. The predicted molar refractivity (Wildman–Crippen MR) is 101 cm³/mol. The van der Waals surface area contributed by atoms with Crippen LogP contribution in [0.3, 0.4) is 0 Å². The number of aliphatic carboxylic acids is 1. The van der Waals surface area contributed by atoms with Crippen LogP contribution in [0.5, 0.6) is 5.75 Å². The van der Waals surface area contributed by atoms with Crippen molar-refractivity contribution < 1.29 is 37.3 Å². The number of unbranched alkanes of at least 4 members (excludes halogenated alkanes) is 1. The first-order valence-electron chi connectivity index (χ1n) is 9.57. The van der Waals surface area contributed by atoms with Gasteiger partial charge in [0.25, 0.3) is 0 Å². The van der Waals surface area contributed by atoms with E-state index >= 15 is 0 Å². The van der Waals surface area contributed by atoms with Crippen molar-refractivity contribution >= 4 is 11.9 Å². The number of halogens is 3. The molecule has 1 aromatic rings. The lowest BCUT2D eigenvalue weighted by atomic mass is 9.82. The Kier molecular flexibility index (Phi) is 10.5. The van der Waals surface area contributed by atoms with Gasteiger partial charge in [0.2, 0.25) is 0 Å². The minimum absolute atomic E-state index is 0.0733. The summed E-state index contributed by atoms with van der Waals surface area (Å²) in [4.78, 5) is 20.5.